The normalized spacial score (nSPS) is 24.2. The molecule has 3 fully saturated rings. The first-order valence-corrected chi connectivity index (χ1v) is 24.2. The minimum Gasteiger partial charge on any atom is -0.497 e. The lowest BCUT2D eigenvalue weighted by Crippen LogP contribution is -2.59. The van der Waals surface area contributed by atoms with E-state index in [0.717, 1.165) is 30.8 Å². The number of likely N-dealkylation sites (N-methyl/N-ethyl adjacent to an activating group) is 1. The van der Waals surface area contributed by atoms with Crippen LogP contribution in [-0.4, -0.2) is 133 Å². The van der Waals surface area contributed by atoms with E-state index in [-0.39, 0.29) is 38.0 Å². The summed E-state index contributed by atoms with van der Waals surface area (Å²) in [5.41, 5.74) is -0.199. The lowest BCUT2D eigenvalue weighted by atomic mass is 9.86. The molecule has 1 aromatic carbocycles. The number of nitrogens with zero attached hydrogens (tertiary/aromatic N) is 4. The molecule has 3 aliphatic rings. The molecule has 20 heteroatoms. The number of urea groups is 1. The third-order valence-electron chi connectivity index (χ3n) is 12.4. The quantitative estimate of drug-likeness (QED) is 0.0998. The third kappa shape index (κ3) is 12.0. The fourth-order valence-electron chi connectivity index (χ4n) is 8.54. The Morgan fingerprint density at radius 2 is 1.83 bits per heavy atom. The van der Waals surface area contributed by atoms with Crippen LogP contribution >= 0.6 is 11.3 Å². The molecule has 64 heavy (non-hydrogen) atoms. The predicted molar refractivity (Wildman–Crippen MR) is 247 cm³/mol. The first kappa shape index (κ1) is 48.8. The van der Waals surface area contributed by atoms with Crippen LogP contribution in [0.2, 0.25) is 0 Å². The van der Waals surface area contributed by atoms with Crippen molar-refractivity contribution in [3.05, 3.63) is 29.6 Å². The SMILES string of the molecule is CNCCN(C[C@@H](NC(=O)N[C@H]1CCCCCCCC2C[C@@]2(C(=O)O)NC(=O)[C@@H]2C[C@@H](Oc3cc(-c4csc(NC(C)C)n4)nc4cc(OC)ccc34)CN2C1=O)C(C)(C)C)S(=O)O. The number of anilines is 1. The molecule has 2 saturated heterocycles. The van der Waals surface area contributed by atoms with Gasteiger partial charge < -0.3 is 46.1 Å². The minimum atomic E-state index is -2.29. The number of carboxylic acids is 1. The second-order valence-electron chi connectivity index (χ2n) is 18.5. The second kappa shape index (κ2) is 21.1. The Bertz CT molecular complexity index is 2170. The van der Waals surface area contributed by atoms with E-state index < -0.39 is 70.3 Å². The molecule has 0 bridgehead atoms. The van der Waals surface area contributed by atoms with Crippen LogP contribution in [0, 0.1) is 11.3 Å². The number of carbonyl (C=O) groups excluding carboxylic acids is 3. The molecule has 6 rings (SSSR count). The van der Waals surface area contributed by atoms with Crippen molar-refractivity contribution in [2.75, 3.05) is 45.7 Å². The predicted octanol–water partition coefficient (Wildman–Crippen LogP) is 4.98. The highest BCUT2D eigenvalue weighted by Gasteiger charge is 2.62. The zero-order valence-corrected chi connectivity index (χ0v) is 39.5. The number of thiazole rings is 1. The molecule has 2 aliphatic heterocycles. The molecule has 1 aliphatic carbocycles. The summed E-state index contributed by atoms with van der Waals surface area (Å²) in [7, 11) is 3.31. The van der Waals surface area contributed by atoms with E-state index in [9.17, 15) is 33.0 Å². The number of nitrogens with one attached hydrogen (secondary N) is 5. The molecule has 0 radical (unpaired) electrons. The van der Waals surface area contributed by atoms with Gasteiger partial charge in [0.15, 0.2) is 5.13 Å². The van der Waals surface area contributed by atoms with Crippen LogP contribution in [0.15, 0.2) is 29.6 Å². The number of aromatic nitrogens is 2. The van der Waals surface area contributed by atoms with Crippen LogP contribution in [0.1, 0.15) is 92.4 Å². The van der Waals surface area contributed by atoms with E-state index in [4.69, 9.17) is 19.4 Å². The number of rotatable bonds is 15. The largest absolute Gasteiger partial charge is 0.497 e. The highest BCUT2D eigenvalue weighted by molar-refractivity contribution is 7.76. The molecule has 7 atom stereocenters. The number of hydrogen-bond acceptors (Lipinski definition) is 12. The summed E-state index contributed by atoms with van der Waals surface area (Å²) < 4.78 is 36.0. The van der Waals surface area contributed by atoms with Crippen LogP contribution in [0.3, 0.4) is 0 Å². The number of aliphatic carboxylic acids is 1. The molecular formula is C44H65N9O9S2. The summed E-state index contributed by atoms with van der Waals surface area (Å²) in [4.78, 5) is 67.1. The van der Waals surface area contributed by atoms with Gasteiger partial charge in [-0.1, -0.05) is 52.9 Å². The highest BCUT2D eigenvalue weighted by Crippen LogP contribution is 2.48. The van der Waals surface area contributed by atoms with Gasteiger partial charge in [-0.3, -0.25) is 14.1 Å². The maximum atomic E-state index is 14.9. The van der Waals surface area contributed by atoms with Crippen molar-refractivity contribution in [3.63, 3.8) is 0 Å². The van der Waals surface area contributed by atoms with Crippen LogP contribution in [-0.2, 0) is 25.7 Å². The molecule has 2 unspecified atom stereocenters. The van der Waals surface area contributed by atoms with Gasteiger partial charge in [-0.25, -0.2) is 23.8 Å². The molecule has 18 nitrogen and oxygen atoms in total. The van der Waals surface area contributed by atoms with E-state index in [2.05, 4.69) is 26.6 Å². The molecule has 7 N–H and O–H groups in total. The number of carboxylic acid groups (broad SMARTS) is 1. The van der Waals surface area contributed by atoms with Gasteiger partial charge in [-0.05, 0) is 63.6 Å². The van der Waals surface area contributed by atoms with Gasteiger partial charge >= 0.3 is 12.0 Å². The fourth-order valence-corrected chi connectivity index (χ4v) is 9.91. The first-order chi connectivity index (χ1) is 30.4. The van der Waals surface area contributed by atoms with Crippen molar-refractivity contribution in [3.8, 4) is 22.9 Å². The van der Waals surface area contributed by atoms with Gasteiger partial charge in [0.25, 0.3) is 0 Å². The van der Waals surface area contributed by atoms with Gasteiger partial charge in [-0.15, -0.1) is 11.3 Å². The molecular weight excluding hydrogens is 863 g/mol. The lowest BCUT2D eigenvalue weighted by molar-refractivity contribution is -0.145. The fraction of sp³-hybridized carbons (Fsp3) is 0.636. The lowest BCUT2D eigenvalue weighted by Gasteiger charge is -2.35. The van der Waals surface area contributed by atoms with Gasteiger partial charge in [-0.2, -0.15) is 4.31 Å². The topological polar surface area (TPSA) is 237 Å². The van der Waals surface area contributed by atoms with Crippen molar-refractivity contribution in [2.45, 2.75) is 128 Å². The standard InChI is InChI=1S/C44H65N9O9S2/c1-26(2)46-42-49-34(25-63-42)33-21-36(30-16-15-28(61-7)19-32(30)47-33)62-29-20-35-38(54)51-44(40(56)57)22-27(44)13-11-9-8-10-12-14-31(39(55)53(35)23-29)48-41(58)50-37(43(3,4)5)24-52(64(59)60)18-17-45-6/h15-16,19,21,25-27,29,31,35,37,45H,8-14,17-18,20,22-24H2,1-7H3,(H,46,49)(H,51,54)(H,56,57)(H,59,60)(H2,48,50,58)/t27?,29-,31+,35+,37-,44-/m1/s1. The van der Waals surface area contributed by atoms with Crippen molar-refractivity contribution >= 4 is 62.5 Å². The number of pyridine rings is 1. The summed E-state index contributed by atoms with van der Waals surface area (Å²) in [5, 5.41) is 28.8. The monoisotopic (exact) mass is 927 g/mol. The van der Waals surface area contributed by atoms with Gasteiger partial charge in [0.2, 0.25) is 23.1 Å². The van der Waals surface area contributed by atoms with E-state index in [1.807, 2.05) is 46.1 Å². The van der Waals surface area contributed by atoms with Gasteiger partial charge in [0.05, 0.1) is 24.9 Å². The number of benzene rings is 1. The van der Waals surface area contributed by atoms with Crippen molar-refractivity contribution < 1.29 is 42.5 Å². The second-order valence-corrected chi connectivity index (χ2v) is 20.4. The number of hydrogen-bond donors (Lipinski definition) is 7. The zero-order valence-electron chi connectivity index (χ0n) is 37.9. The number of methoxy groups -OCH3 is 1. The van der Waals surface area contributed by atoms with E-state index in [0.29, 0.717) is 66.0 Å². The average molecular weight is 928 g/mol. The Morgan fingerprint density at radius 3 is 2.50 bits per heavy atom. The summed E-state index contributed by atoms with van der Waals surface area (Å²) >= 11 is -0.841. The Morgan fingerprint density at radius 1 is 1.09 bits per heavy atom. The molecule has 1 saturated carbocycles. The molecule has 2 aromatic heterocycles. The summed E-state index contributed by atoms with van der Waals surface area (Å²) in [6.07, 6.45) is 4.57. The van der Waals surface area contributed by atoms with Gasteiger partial charge in [0.1, 0.15) is 40.9 Å². The maximum Gasteiger partial charge on any atom is 0.329 e. The zero-order chi connectivity index (χ0) is 46.3. The third-order valence-corrected chi connectivity index (χ3v) is 13.9. The minimum absolute atomic E-state index is 0.0258. The molecule has 4 amide bonds. The Labute approximate surface area is 381 Å². The van der Waals surface area contributed by atoms with Crippen LogP contribution in [0.25, 0.3) is 22.3 Å². The van der Waals surface area contributed by atoms with E-state index in [1.165, 1.54) is 20.5 Å². The molecule has 0 spiro atoms. The van der Waals surface area contributed by atoms with Crippen molar-refractivity contribution in [2.24, 2.45) is 11.3 Å². The maximum absolute atomic E-state index is 14.9. The number of carbonyl (C=O) groups is 4. The van der Waals surface area contributed by atoms with Crippen LogP contribution in [0.4, 0.5) is 9.93 Å². The number of ether oxygens (including phenoxy) is 2. The Balaban J connectivity index is 1.31. The average Bonchev–Trinajstić information content (AvgIpc) is 3.50. The van der Waals surface area contributed by atoms with Gasteiger partial charge in [0, 0.05) is 61.0 Å². The molecule has 3 aromatic rings. The van der Waals surface area contributed by atoms with E-state index >= 15 is 0 Å². The molecule has 352 valence electrons. The number of amides is 4. The first-order valence-electron chi connectivity index (χ1n) is 22.2. The summed E-state index contributed by atoms with van der Waals surface area (Å²) in [6, 6.07) is 4.02. The summed E-state index contributed by atoms with van der Waals surface area (Å²) in [6.45, 7) is 10.5. The van der Waals surface area contributed by atoms with Crippen molar-refractivity contribution in [1.29, 1.82) is 0 Å². The Hall–Kier alpha value is -4.63. The Kier molecular flexibility index (Phi) is 16.1. The van der Waals surface area contributed by atoms with E-state index in [1.54, 1.807) is 32.4 Å². The highest BCUT2D eigenvalue weighted by atomic mass is 32.2. The van der Waals surface area contributed by atoms with Crippen molar-refractivity contribution in [1.82, 2.24) is 40.4 Å². The van der Waals surface area contributed by atoms with Crippen LogP contribution < -0.4 is 36.1 Å². The van der Waals surface area contributed by atoms with Crippen LogP contribution in [0.5, 0.6) is 11.5 Å². The smallest absolute Gasteiger partial charge is 0.329 e. The number of fused-ring (bicyclic) bond motifs is 3. The summed E-state index contributed by atoms with van der Waals surface area (Å²) in [5.74, 6) is -1.36. The molecule has 4 heterocycles.